The van der Waals surface area contributed by atoms with Crippen LogP contribution in [0.5, 0.6) is 5.75 Å². The first-order valence-corrected chi connectivity index (χ1v) is 7.32. The fourth-order valence-corrected chi connectivity index (χ4v) is 2.17. The third-order valence-electron chi connectivity index (χ3n) is 2.64. The van der Waals surface area contributed by atoms with Gasteiger partial charge in [-0.3, -0.25) is 0 Å². The van der Waals surface area contributed by atoms with Gasteiger partial charge in [-0.15, -0.1) is 0 Å². The number of hydrogen-bond acceptors (Lipinski definition) is 4. The van der Waals surface area contributed by atoms with Crippen molar-refractivity contribution in [1.29, 1.82) is 0 Å². The molecular formula is C12H19NO4S. The van der Waals surface area contributed by atoms with Crippen LogP contribution in [0.1, 0.15) is 18.6 Å². The molecule has 1 unspecified atom stereocenters. The SMILES string of the molecule is CCS(=O)(=O)NCC(OC)c1ccccc1OC. The zero-order valence-electron chi connectivity index (χ0n) is 10.8. The van der Waals surface area contributed by atoms with Gasteiger partial charge in [0.25, 0.3) is 0 Å². The summed E-state index contributed by atoms with van der Waals surface area (Å²) in [5, 5.41) is 0. The minimum atomic E-state index is -3.22. The van der Waals surface area contributed by atoms with Crippen LogP contribution in [0.2, 0.25) is 0 Å². The molecule has 0 aliphatic carbocycles. The summed E-state index contributed by atoms with van der Waals surface area (Å²) in [5.41, 5.74) is 0.821. The smallest absolute Gasteiger partial charge is 0.211 e. The highest BCUT2D eigenvalue weighted by molar-refractivity contribution is 7.89. The monoisotopic (exact) mass is 273 g/mol. The highest BCUT2D eigenvalue weighted by Crippen LogP contribution is 2.26. The van der Waals surface area contributed by atoms with Crippen molar-refractivity contribution in [2.45, 2.75) is 13.0 Å². The molecule has 0 spiro atoms. The highest BCUT2D eigenvalue weighted by atomic mass is 32.2. The number of hydrogen-bond donors (Lipinski definition) is 1. The second kappa shape index (κ2) is 6.72. The summed E-state index contributed by atoms with van der Waals surface area (Å²) in [6, 6.07) is 7.38. The minimum absolute atomic E-state index is 0.0510. The fourth-order valence-electron chi connectivity index (χ4n) is 1.56. The summed E-state index contributed by atoms with van der Waals surface area (Å²) in [6.07, 6.45) is -0.373. The van der Waals surface area contributed by atoms with Crippen LogP contribution in [0, 0.1) is 0 Å². The van der Waals surface area contributed by atoms with Crippen LogP contribution in [0.3, 0.4) is 0 Å². The van der Waals surface area contributed by atoms with Crippen LogP contribution in [-0.4, -0.2) is 34.9 Å². The van der Waals surface area contributed by atoms with Gasteiger partial charge in [0, 0.05) is 19.2 Å². The Labute approximate surface area is 108 Å². The Balaban J connectivity index is 2.83. The van der Waals surface area contributed by atoms with Crippen molar-refractivity contribution in [3.05, 3.63) is 29.8 Å². The van der Waals surface area contributed by atoms with E-state index in [1.54, 1.807) is 14.0 Å². The molecule has 0 saturated heterocycles. The zero-order chi connectivity index (χ0) is 13.6. The van der Waals surface area contributed by atoms with Crippen molar-refractivity contribution < 1.29 is 17.9 Å². The van der Waals surface area contributed by atoms with Crippen molar-refractivity contribution in [1.82, 2.24) is 4.72 Å². The summed E-state index contributed by atoms with van der Waals surface area (Å²) < 4.78 is 35.9. The van der Waals surface area contributed by atoms with Crippen molar-refractivity contribution >= 4 is 10.0 Å². The largest absolute Gasteiger partial charge is 0.496 e. The van der Waals surface area contributed by atoms with Gasteiger partial charge in [-0.05, 0) is 13.0 Å². The van der Waals surface area contributed by atoms with E-state index in [2.05, 4.69) is 4.72 Å². The Bertz CT molecular complexity index is 473. The molecule has 0 amide bonds. The van der Waals surface area contributed by atoms with E-state index >= 15 is 0 Å². The summed E-state index contributed by atoms with van der Waals surface area (Å²) >= 11 is 0. The molecule has 1 N–H and O–H groups in total. The quantitative estimate of drug-likeness (QED) is 0.814. The third kappa shape index (κ3) is 3.97. The predicted molar refractivity (Wildman–Crippen MR) is 70.2 cm³/mol. The Hall–Kier alpha value is -1.11. The molecule has 0 aliphatic heterocycles. The molecule has 1 aromatic carbocycles. The van der Waals surface area contributed by atoms with Gasteiger partial charge < -0.3 is 9.47 Å². The third-order valence-corrected chi connectivity index (χ3v) is 4.01. The maximum Gasteiger partial charge on any atom is 0.211 e. The number of ether oxygens (including phenoxy) is 2. The predicted octanol–water partition coefficient (Wildman–Crippen LogP) is 1.32. The van der Waals surface area contributed by atoms with E-state index < -0.39 is 10.0 Å². The standard InChI is InChI=1S/C12H19NO4S/c1-4-18(14,15)13-9-12(17-3)10-7-5-6-8-11(10)16-2/h5-8,12-13H,4,9H2,1-3H3. The normalized spacial score (nSPS) is 13.3. The Morgan fingerprint density at radius 1 is 1.28 bits per heavy atom. The molecule has 1 atom stereocenters. The average molecular weight is 273 g/mol. The lowest BCUT2D eigenvalue weighted by Gasteiger charge is -2.18. The second-order valence-electron chi connectivity index (χ2n) is 3.72. The molecule has 0 heterocycles. The van der Waals surface area contributed by atoms with Gasteiger partial charge in [0.2, 0.25) is 10.0 Å². The summed E-state index contributed by atoms with van der Waals surface area (Å²) in [6.45, 7) is 1.78. The van der Waals surface area contributed by atoms with Crippen molar-refractivity contribution in [3.63, 3.8) is 0 Å². The zero-order valence-corrected chi connectivity index (χ0v) is 11.7. The van der Waals surface area contributed by atoms with E-state index in [-0.39, 0.29) is 18.4 Å². The molecule has 0 aromatic heterocycles. The lowest BCUT2D eigenvalue weighted by molar-refractivity contribution is 0.105. The maximum absolute atomic E-state index is 11.4. The van der Waals surface area contributed by atoms with Crippen LogP contribution >= 0.6 is 0 Å². The van der Waals surface area contributed by atoms with Crippen molar-refractivity contribution in [2.24, 2.45) is 0 Å². The first kappa shape index (κ1) is 14.9. The van der Waals surface area contributed by atoms with Gasteiger partial charge in [0.05, 0.1) is 19.0 Å². The van der Waals surface area contributed by atoms with E-state index in [1.165, 1.54) is 7.11 Å². The van der Waals surface area contributed by atoms with Crippen LogP contribution in [0.4, 0.5) is 0 Å². The van der Waals surface area contributed by atoms with E-state index in [4.69, 9.17) is 9.47 Å². The molecule has 0 bridgehead atoms. The average Bonchev–Trinajstić information content (AvgIpc) is 2.40. The fraction of sp³-hybridized carbons (Fsp3) is 0.500. The van der Waals surface area contributed by atoms with Crippen molar-refractivity contribution in [2.75, 3.05) is 26.5 Å². The number of para-hydroxylation sites is 1. The summed E-state index contributed by atoms with van der Waals surface area (Å²) in [4.78, 5) is 0. The van der Waals surface area contributed by atoms with E-state index in [9.17, 15) is 8.42 Å². The molecule has 0 saturated carbocycles. The van der Waals surface area contributed by atoms with Crippen LogP contribution in [0.15, 0.2) is 24.3 Å². The van der Waals surface area contributed by atoms with Gasteiger partial charge in [-0.25, -0.2) is 13.1 Å². The van der Waals surface area contributed by atoms with Crippen LogP contribution in [0.25, 0.3) is 0 Å². The van der Waals surface area contributed by atoms with Gasteiger partial charge in [0.15, 0.2) is 0 Å². The van der Waals surface area contributed by atoms with Crippen LogP contribution < -0.4 is 9.46 Å². The molecule has 18 heavy (non-hydrogen) atoms. The van der Waals surface area contributed by atoms with E-state index in [1.807, 2.05) is 24.3 Å². The van der Waals surface area contributed by atoms with Gasteiger partial charge in [-0.2, -0.15) is 0 Å². The molecule has 0 fully saturated rings. The molecule has 6 heteroatoms. The summed E-state index contributed by atoms with van der Waals surface area (Å²) in [5.74, 6) is 0.732. The van der Waals surface area contributed by atoms with E-state index in [0.29, 0.717) is 5.75 Å². The minimum Gasteiger partial charge on any atom is -0.496 e. The number of methoxy groups -OCH3 is 2. The van der Waals surface area contributed by atoms with Gasteiger partial charge in [-0.1, -0.05) is 18.2 Å². The van der Waals surface area contributed by atoms with Crippen molar-refractivity contribution in [3.8, 4) is 5.75 Å². The molecule has 1 aromatic rings. The maximum atomic E-state index is 11.4. The molecule has 5 nitrogen and oxygen atoms in total. The lowest BCUT2D eigenvalue weighted by Crippen LogP contribution is -2.30. The van der Waals surface area contributed by atoms with Gasteiger partial charge >= 0.3 is 0 Å². The highest BCUT2D eigenvalue weighted by Gasteiger charge is 2.17. The van der Waals surface area contributed by atoms with Crippen LogP contribution in [-0.2, 0) is 14.8 Å². The second-order valence-corrected chi connectivity index (χ2v) is 5.81. The number of benzene rings is 1. The number of rotatable bonds is 7. The molecule has 0 aliphatic rings. The Kier molecular flexibility index (Phi) is 5.58. The number of nitrogens with one attached hydrogen (secondary N) is 1. The molecule has 1 rings (SSSR count). The molecule has 102 valence electrons. The van der Waals surface area contributed by atoms with Gasteiger partial charge in [0.1, 0.15) is 5.75 Å². The molecular weight excluding hydrogens is 254 g/mol. The number of sulfonamides is 1. The van der Waals surface area contributed by atoms with E-state index in [0.717, 1.165) is 5.56 Å². The topological polar surface area (TPSA) is 64.6 Å². The Morgan fingerprint density at radius 2 is 1.94 bits per heavy atom. The molecule has 0 radical (unpaired) electrons. The first-order valence-electron chi connectivity index (χ1n) is 5.67. The lowest BCUT2D eigenvalue weighted by atomic mass is 10.1. The Morgan fingerprint density at radius 3 is 2.50 bits per heavy atom. The first-order chi connectivity index (χ1) is 8.54. The summed E-state index contributed by atoms with van der Waals surface area (Å²) in [7, 11) is -0.113.